The monoisotopic (exact) mass is 335 g/mol. The summed E-state index contributed by atoms with van der Waals surface area (Å²) in [4.78, 5) is 20.1. The first kappa shape index (κ1) is 16.9. The number of hydrogen-bond donors (Lipinski definition) is 1. The summed E-state index contributed by atoms with van der Waals surface area (Å²) in [5.41, 5.74) is -0.0113. The fraction of sp³-hybridized carbons (Fsp3) is 0.778. The van der Waals surface area contributed by atoms with E-state index in [1.807, 2.05) is 0 Å². The van der Waals surface area contributed by atoms with Crippen LogP contribution in [0.25, 0.3) is 0 Å². The van der Waals surface area contributed by atoms with E-state index in [0.29, 0.717) is 12.5 Å². The van der Waals surface area contributed by atoms with Crippen molar-refractivity contribution in [3.63, 3.8) is 0 Å². The van der Waals surface area contributed by atoms with Crippen LogP contribution in [0.5, 0.6) is 0 Å². The standard InChI is InChI=1S/C18H29N3OS/c1-12-7-13(2)10-21(9-12)18(3,4)11-20-16(22)15-8-19-17(23-15)14-5-6-14/h8,12-14H,5-7,9-11H2,1-4H3,(H,20,22). The molecule has 0 aromatic carbocycles. The average molecular weight is 336 g/mol. The predicted molar refractivity (Wildman–Crippen MR) is 95.0 cm³/mol. The van der Waals surface area contributed by atoms with E-state index in [0.717, 1.165) is 34.8 Å². The molecule has 2 aliphatic rings. The Morgan fingerprint density at radius 1 is 1.35 bits per heavy atom. The van der Waals surface area contributed by atoms with Crippen molar-refractivity contribution in [1.82, 2.24) is 15.2 Å². The van der Waals surface area contributed by atoms with E-state index in [-0.39, 0.29) is 11.4 Å². The summed E-state index contributed by atoms with van der Waals surface area (Å²) in [5, 5.41) is 4.26. The second kappa shape index (κ2) is 6.52. The lowest BCUT2D eigenvalue weighted by Gasteiger charge is -2.45. The summed E-state index contributed by atoms with van der Waals surface area (Å²) in [6.07, 6.45) is 5.51. The van der Waals surface area contributed by atoms with Crippen LogP contribution in [0.4, 0.5) is 0 Å². The number of carbonyl (C=O) groups is 1. The van der Waals surface area contributed by atoms with Crippen molar-refractivity contribution < 1.29 is 4.79 Å². The Labute approximate surface area is 143 Å². The molecule has 1 saturated carbocycles. The van der Waals surface area contributed by atoms with Crippen LogP contribution in [0.3, 0.4) is 0 Å². The van der Waals surface area contributed by atoms with Gasteiger partial charge in [0.05, 0.1) is 11.2 Å². The average Bonchev–Trinajstić information content (AvgIpc) is 3.21. The smallest absolute Gasteiger partial charge is 0.263 e. The van der Waals surface area contributed by atoms with Gasteiger partial charge in [0.2, 0.25) is 0 Å². The van der Waals surface area contributed by atoms with Crippen molar-refractivity contribution >= 4 is 17.2 Å². The Morgan fingerprint density at radius 3 is 2.61 bits per heavy atom. The molecule has 1 aromatic heterocycles. The van der Waals surface area contributed by atoms with Gasteiger partial charge in [0.25, 0.3) is 5.91 Å². The van der Waals surface area contributed by atoms with Gasteiger partial charge < -0.3 is 5.32 Å². The largest absolute Gasteiger partial charge is 0.349 e. The SMILES string of the molecule is CC1CC(C)CN(C(C)(C)CNC(=O)c2cnc(C3CC3)s2)C1. The molecule has 1 N–H and O–H groups in total. The summed E-state index contributed by atoms with van der Waals surface area (Å²) in [7, 11) is 0. The molecule has 0 spiro atoms. The molecular formula is C18H29N3OS. The molecule has 5 heteroatoms. The number of likely N-dealkylation sites (tertiary alicyclic amines) is 1. The van der Waals surface area contributed by atoms with Gasteiger partial charge in [-0.2, -0.15) is 0 Å². The number of nitrogens with zero attached hydrogens (tertiary/aromatic N) is 2. The molecule has 1 aromatic rings. The van der Waals surface area contributed by atoms with Crippen molar-refractivity contribution in [2.24, 2.45) is 11.8 Å². The highest BCUT2D eigenvalue weighted by Gasteiger charge is 2.33. The third-order valence-electron chi connectivity index (χ3n) is 5.08. The summed E-state index contributed by atoms with van der Waals surface area (Å²) in [6, 6.07) is 0. The van der Waals surface area contributed by atoms with Gasteiger partial charge in [-0.25, -0.2) is 4.98 Å². The molecular weight excluding hydrogens is 306 g/mol. The lowest BCUT2D eigenvalue weighted by Crippen LogP contribution is -2.56. The number of nitrogens with one attached hydrogen (secondary N) is 1. The number of amides is 1. The zero-order valence-corrected chi connectivity index (χ0v) is 15.6. The molecule has 2 fully saturated rings. The second-order valence-corrected chi connectivity index (χ2v) is 9.25. The van der Waals surface area contributed by atoms with Crippen molar-refractivity contribution in [3.05, 3.63) is 16.1 Å². The van der Waals surface area contributed by atoms with E-state index in [9.17, 15) is 4.79 Å². The summed E-state index contributed by atoms with van der Waals surface area (Å²) in [5.74, 6) is 2.11. The van der Waals surface area contributed by atoms with E-state index in [4.69, 9.17) is 0 Å². The first-order chi connectivity index (χ1) is 10.8. The van der Waals surface area contributed by atoms with Crippen LogP contribution in [0.1, 0.15) is 67.6 Å². The number of carbonyl (C=O) groups excluding carboxylic acids is 1. The minimum Gasteiger partial charge on any atom is -0.349 e. The highest BCUT2D eigenvalue weighted by Crippen LogP contribution is 2.41. The van der Waals surface area contributed by atoms with Gasteiger partial charge in [0.15, 0.2) is 0 Å². The van der Waals surface area contributed by atoms with E-state index >= 15 is 0 Å². The normalized spacial score (nSPS) is 26.3. The maximum atomic E-state index is 12.4. The quantitative estimate of drug-likeness (QED) is 0.895. The fourth-order valence-electron chi connectivity index (χ4n) is 3.56. The van der Waals surface area contributed by atoms with Crippen LogP contribution in [0.2, 0.25) is 0 Å². The molecule has 0 radical (unpaired) electrons. The van der Waals surface area contributed by atoms with Crippen LogP contribution >= 0.6 is 11.3 Å². The van der Waals surface area contributed by atoms with Crippen LogP contribution < -0.4 is 5.32 Å². The van der Waals surface area contributed by atoms with Crippen LogP contribution in [0.15, 0.2) is 6.20 Å². The maximum absolute atomic E-state index is 12.4. The molecule has 1 aliphatic heterocycles. The van der Waals surface area contributed by atoms with Gasteiger partial charge in [0, 0.05) is 31.1 Å². The van der Waals surface area contributed by atoms with Gasteiger partial charge in [-0.05, 0) is 44.9 Å². The molecule has 3 rings (SSSR count). The first-order valence-corrected chi connectivity index (χ1v) is 9.66. The van der Waals surface area contributed by atoms with Crippen molar-refractivity contribution in [1.29, 1.82) is 0 Å². The van der Waals surface area contributed by atoms with Gasteiger partial charge in [-0.3, -0.25) is 9.69 Å². The van der Waals surface area contributed by atoms with E-state index in [2.05, 4.69) is 42.9 Å². The zero-order valence-electron chi connectivity index (χ0n) is 14.8. The third-order valence-corrected chi connectivity index (χ3v) is 6.24. The van der Waals surface area contributed by atoms with Gasteiger partial charge in [-0.15, -0.1) is 11.3 Å². The lowest BCUT2D eigenvalue weighted by molar-refractivity contribution is 0.0445. The number of hydrogen-bond acceptors (Lipinski definition) is 4. The lowest BCUT2D eigenvalue weighted by atomic mass is 9.88. The Kier molecular flexibility index (Phi) is 4.79. The zero-order chi connectivity index (χ0) is 16.6. The second-order valence-electron chi connectivity index (χ2n) is 8.18. The highest BCUT2D eigenvalue weighted by molar-refractivity contribution is 7.13. The number of aromatic nitrogens is 1. The van der Waals surface area contributed by atoms with Crippen molar-refractivity contribution in [2.75, 3.05) is 19.6 Å². The molecule has 1 aliphatic carbocycles. The number of thiazole rings is 1. The molecule has 2 atom stereocenters. The molecule has 1 amide bonds. The van der Waals surface area contributed by atoms with Gasteiger partial charge >= 0.3 is 0 Å². The predicted octanol–water partition coefficient (Wildman–Crippen LogP) is 3.51. The van der Waals surface area contributed by atoms with E-state index in [1.54, 1.807) is 17.5 Å². The Morgan fingerprint density at radius 2 is 2.00 bits per heavy atom. The molecule has 2 heterocycles. The van der Waals surface area contributed by atoms with Crippen molar-refractivity contribution in [2.45, 2.75) is 58.4 Å². The fourth-order valence-corrected chi connectivity index (χ4v) is 4.57. The van der Waals surface area contributed by atoms with Crippen LogP contribution in [0, 0.1) is 11.8 Å². The Balaban J connectivity index is 1.55. The van der Waals surface area contributed by atoms with Crippen LogP contribution in [-0.2, 0) is 0 Å². The van der Waals surface area contributed by atoms with Crippen molar-refractivity contribution in [3.8, 4) is 0 Å². The summed E-state index contributed by atoms with van der Waals surface area (Å²) < 4.78 is 0. The van der Waals surface area contributed by atoms with Gasteiger partial charge in [0.1, 0.15) is 4.88 Å². The highest BCUT2D eigenvalue weighted by atomic mass is 32.1. The topological polar surface area (TPSA) is 45.2 Å². The number of piperidine rings is 1. The molecule has 4 nitrogen and oxygen atoms in total. The van der Waals surface area contributed by atoms with Crippen LogP contribution in [-0.4, -0.2) is 41.0 Å². The first-order valence-electron chi connectivity index (χ1n) is 8.84. The Bertz CT molecular complexity index is 554. The minimum atomic E-state index is -0.0113. The Hall–Kier alpha value is -0.940. The molecule has 0 bridgehead atoms. The molecule has 23 heavy (non-hydrogen) atoms. The summed E-state index contributed by atoms with van der Waals surface area (Å²) >= 11 is 1.56. The summed E-state index contributed by atoms with van der Waals surface area (Å²) in [6.45, 7) is 12.1. The van der Waals surface area contributed by atoms with Gasteiger partial charge in [-0.1, -0.05) is 13.8 Å². The molecule has 128 valence electrons. The third kappa shape index (κ3) is 4.13. The molecule has 1 saturated heterocycles. The minimum absolute atomic E-state index is 0.0113. The molecule has 2 unspecified atom stereocenters. The van der Waals surface area contributed by atoms with E-state index in [1.165, 1.54) is 19.3 Å². The van der Waals surface area contributed by atoms with E-state index < -0.39 is 0 Å². The number of rotatable bonds is 5. The maximum Gasteiger partial charge on any atom is 0.263 e.